The van der Waals surface area contributed by atoms with Crippen molar-refractivity contribution in [2.75, 3.05) is 18.5 Å². The monoisotopic (exact) mass is 217 g/mol. The fourth-order valence-corrected chi connectivity index (χ4v) is 1.50. The second-order valence-corrected chi connectivity index (χ2v) is 3.35. The van der Waals surface area contributed by atoms with Crippen molar-refractivity contribution < 1.29 is 17.9 Å². The number of benzene rings is 1. The summed E-state index contributed by atoms with van der Waals surface area (Å²) in [5.41, 5.74) is 0.649. The average Bonchev–Trinajstić information content (AvgIpc) is 2.39. The van der Waals surface area contributed by atoms with Crippen molar-refractivity contribution >= 4 is 5.69 Å². The van der Waals surface area contributed by atoms with Gasteiger partial charge >= 0.3 is 6.18 Å². The molecule has 0 fully saturated rings. The van der Waals surface area contributed by atoms with E-state index in [0.717, 1.165) is 17.8 Å². The van der Waals surface area contributed by atoms with Gasteiger partial charge in [-0.1, -0.05) is 0 Å². The molecule has 0 unspecified atom stereocenters. The van der Waals surface area contributed by atoms with Gasteiger partial charge in [0.1, 0.15) is 0 Å². The smallest absolute Gasteiger partial charge is 0.382 e. The first-order chi connectivity index (χ1) is 7.07. The van der Waals surface area contributed by atoms with Gasteiger partial charge in [0.15, 0.2) is 0 Å². The lowest BCUT2D eigenvalue weighted by molar-refractivity contribution is -0.137. The lowest BCUT2D eigenvalue weighted by Gasteiger charge is -2.11. The van der Waals surface area contributed by atoms with Crippen LogP contribution in [0.4, 0.5) is 18.9 Å². The Bertz CT molecular complexity index is 362. The van der Waals surface area contributed by atoms with Crippen molar-refractivity contribution in [3.8, 4) is 0 Å². The number of hydrogen-bond acceptors (Lipinski definition) is 2. The van der Waals surface area contributed by atoms with E-state index in [4.69, 9.17) is 4.74 Å². The Morgan fingerprint density at radius 3 is 2.80 bits per heavy atom. The third-order valence-corrected chi connectivity index (χ3v) is 2.25. The largest absolute Gasteiger partial charge is 0.416 e. The quantitative estimate of drug-likeness (QED) is 0.721. The molecule has 0 aliphatic carbocycles. The van der Waals surface area contributed by atoms with Gasteiger partial charge in [-0.25, -0.2) is 0 Å². The molecule has 0 bridgehead atoms. The number of anilines is 1. The van der Waals surface area contributed by atoms with Crippen LogP contribution in [0.5, 0.6) is 0 Å². The van der Waals surface area contributed by atoms with Gasteiger partial charge in [0.25, 0.3) is 0 Å². The second-order valence-electron chi connectivity index (χ2n) is 3.35. The van der Waals surface area contributed by atoms with Crippen LogP contribution >= 0.6 is 0 Å². The molecule has 0 saturated heterocycles. The summed E-state index contributed by atoms with van der Waals surface area (Å²) < 4.78 is 42.4. The maximum atomic E-state index is 12.4. The maximum Gasteiger partial charge on any atom is 0.416 e. The van der Waals surface area contributed by atoms with E-state index in [2.05, 4.69) is 5.32 Å². The molecular weight excluding hydrogens is 207 g/mol. The lowest BCUT2D eigenvalue weighted by atomic mass is 10.1. The minimum absolute atomic E-state index is 0.228. The van der Waals surface area contributed by atoms with Gasteiger partial charge in [0, 0.05) is 17.8 Å². The van der Waals surface area contributed by atoms with Crippen molar-refractivity contribution in [2.45, 2.75) is 12.8 Å². The summed E-state index contributed by atoms with van der Waals surface area (Å²) >= 11 is 0. The molecule has 1 aromatic rings. The molecule has 0 atom stereocenters. The van der Waals surface area contributed by atoms with E-state index in [9.17, 15) is 13.2 Å². The van der Waals surface area contributed by atoms with Crippen LogP contribution in [-0.4, -0.2) is 13.2 Å². The topological polar surface area (TPSA) is 21.3 Å². The zero-order valence-electron chi connectivity index (χ0n) is 7.90. The Morgan fingerprint density at radius 1 is 1.27 bits per heavy atom. The van der Waals surface area contributed by atoms with Gasteiger partial charge < -0.3 is 10.1 Å². The minimum atomic E-state index is -4.29. The fourth-order valence-electron chi connectivity index (χ4n) is 1.50. The van der Waals surface area contributed by atoms with E-state index in [-0.39, 0.29) is 6.61 Å². The van der Waals surface area contributed by atoms with E-state index in [0.29, 0.717) is 18.7 Å². The summed E-state index contributed by atoms with van der Waals surface area (Å²) in [5, 5.41) is 3.01. The molecule has 1 heterocycles. The Balaban J connectivity index is 2.36. The average molecular weight is 217 g/mol. The fraction of sp³-hybridized carbons (Fsp3) is 0.400. The van der Waals surface area contributed by atoms with E-state index in [1.54, 1.807) is 0 Å². The van der Waals surface area contributed by atoms with Crippen LogP contribution < -0.4 is 5.32 Å². The molecule has 1 aromatic carbocycles. The number of ether oxygens (including phenoxy) is 1. The molecule has 15 heavy (non-hydrogen) atoms. The summed E-state index contributed by atoms with van der Waals surface area (Å²) in [5.74, 6) is 0. The van der Waals surface area contributed by atoms with Crippen LogP contribution in [0.1, 0.15) is 11.1 Å². The maximum absolute atomic E-state index is 12.4. The lowest BCUT2D eigenvalue weighted by Crippen LogP contribution is -2.07. The summed E-state index contributed by atoms with van der Waals surface area (Å²) in [6.45, 7) is 1.36. The molecule has 0 aromatic heterocycles. The first kappa shape index (κ1) is 10.3. The molecule has 82 valence electrons. The third-order valence-electron chi connectivity index (χ3n) is 2.25. The molecule has 2 nitrogen and oxygen atoms in total. The van der Waals surface area contributed by atoms with Crippen LogP contribution in [0.3, 0.4) is 0 Å². The van der Waals surface area contributed by atoms with E-state index in [1.165, 1.54) is 6.07 Å². The van der Waals surface area contributed by atoms with Gasteiger partial charge in [-0.3, -0.25) is 0 Å². The molecule has 0 saturated carbocycles. The van der Waals surface area contributed by atoms with Gasteiger partial charge in [0.2, 0.25) is 0 Å². The van der Waals surface area contributed by atoms with Gasteiger partial charge in [0.05, 0.1) is 18.8 Å². The highest BCUT2D eigenvalue weighted by molar-refractivity contribution is 5.53. The zero-order chi connectivity index (χ0) is 10.9. The highest BCUT2D eigenvalue weighted by Crippen LogP contribution is 2.32. The highest BCUT2D eigenvalue weighted by atomic mass is 19.4. The number of rotatable bonds is 0. The molecule has 0 amide bonds. The van der Waals surface area contributed by atoms with Gasteiger partial charge in [-0.2, -0.15) is 13.2 Å². The number of halogens is 3. The second kappa shape index (κ2) is 3.73. The Morgan fingerprint density at radius 2 is 2.07 bits per heavy atom. The summed E-state index contributed by atoms with van der Waals surface area (Å²) in [4.78, 5) is 0. The predicted octanol–water partition coefficient (Wildman–Crippen LogP) is 2.65. The normalized spacial score (nSPS) is 16.5. The first-order valence-corrected chi connectivity index (χ1v) is 4.59. The minimum Gasteiger partial charge on any atom is -0.382 e. The molecule has 1 aliphatic heterocycles. The van der Waals surface area contributed by atoms with Gasteiger partial charge in [-0.15, -0.1) is 0 Å². The molecule has 0 radical (unpaired) electrons. The third kappa shape index (κ3) is 2.23. The van der Waals surface area contributed by atoms with Crippen LogP contribution in [0.15, 0.2) is 18.2 Å². The molecule has 1 N–H and O–H groups in total. The summed E-state index contributed by atoms with van der Waals surface area (Å²) in [7, 11) is 0. The molecule has 2 rings (SSSR count). The standard InChI is InChI=1S/C10H10F3NO/c11-10(12,13)8-1-2-9-7(5-8)6-15-4-3-14-9/h1-2,5,14H,3-4,6H2. The number of hydrogen-bond donors (Lipinski definition) is 1. The van der Waals surface area contributed by atoms with Crippen molar-refractivity contribution in [3.63, 3.8) is 0 Å². The van der Waals surface area contributed by atoms with Crippen LogP contribution in [0.25, 0.3) is 0 Å². The Hall–Kier alpha value is -1.23. The van der Waals surface area contributed by atoms with Crippen LogP contribution in [0, 0.1) is 0 Å². The number of nitrogens with one attached hydrogen (secondary N) is 1. The van der Waals surface area contributed by atoms with E-state index < -0.39 is 11.7 Å². The Labute approximate surface area is 85.0 Å². The van der Waals surface area contributed by atoms with Crippen LogP contribution in [-0.2, 0) is 17.5 Å². The molecular formula is C10H10F3NO. The number of alkyl halides is 3. The van der Waals surface area contributed by atoms with Gasteiger partial charge in [-0.05, 0) is 18.2 Å². The molecule has 1 aliphatic rings. The van der Waals surface area contributed by atoms with Crippen LogP contribution in [0.2, 0.25) is 0 Å². The summed E-state index contributed by atoms with van der Waals surface area (Å²) in [6.07, 6.45) is -4.29. The van der Waals surface area contributed by atoms with Crippen molar-refractivity contribution in [3.05, 3.63) is 29.3 Å². The predicted molar refractivity (Wildman–Crippen MR) is 49.6 cm³/mol. The highest BCUT2D eigenvalue weighted by Gasteiger charge is 2.31. The van der Waals surface area contributed by atoms with Crippen molar-refractivity contribution in [2.24, 2.45) is 0 Å². The number of fused-ring (bicyclic) bond motifs is 1. The summed E-state index contributed by atoms with van der Waals surface area (Å²) in [6, 6.07) is 3.66. The molecule has 5 heteroatoms. The molecule has 0 spiro atoms. The van der Waals surface area contributed by atoms with E-state index in [1.807, 2.05) is 0 Å². The van der Waals surface area contributed by atoms with Crippen molar-refractivity contribution in [1.82, 2.24) is 0 Å². The first-order valence-electron chi connectivity index (χ1n) is 4.59. The SMILES string of the molecule is FC(F)(F)c1ccc2c(c1)COCCN2. The zero-order valence-corrected chi connectivity index (χ0v) is 7.90. The Kier molecular flexibility index (Phi) is 2.56. The van der Waals surface area contributed by atoms with E-state index >= 15 is 0 Å². The van der Waals surface area contributed by atoms with Crippen molar-refractivity contribution in [1.29, 1.82) is 0 Å².